The summed E-state index contributed by atoms with van der Waals surface area (Å²) in [4.78, 5) is 12.2. The summed E-state index contributed by atoms with van der Waals surface area (Å²) in [5.41, 5.74) is -1.71. The number of carbonyl (C=O) groups is 1. The van der Waals surface area contributed by atoms with Gasteiger partial charge in [0.05, 0.1) is 11.2 Å². The van der Waals surface area contributed by atoms with Crippen LogP contribution in [0.1, 0.15) is 73.6 Å². The first-order chi connectivity index (χ1) is 11.0. The summed E-state index contributed by atoms with van der Waals surface area (Å²) in [6.07, 6.45) is 4.51. The van der Waals surface area contributed by atoms with Crippen LogP contribution in [0, 0.1) is 17.3 Å². The number of esters is 1. The second-order valence-electron chi connectivity index (χ2n) is 8.80. The van der Waals surface area contributed by atoms with Crippen molar-refractivity contribution in [1.29, 1.82) is 0 Å². The van der Waals surface area contributed by atoms with Crippen molar-refractivity contribution in [3.63, 3.8) is 0 Å². The molecule has 0 aromatic rings. The summed E-state index contributed by atoms with van der Waals surface area (Å²) in [5.74, 6) is 0.242. The molecule has 0 aromatic carbocycles. The first-order valence-corrected chi connectivity index (χ1v) is 9.25. The summed E-state index contributed by atoms with van der Waals surface area (Å²) >= 11 is 0. The number of rotatable bonds is 3. The van der Waals surface area contributed by atoms with E-state index in [1.807, 2.05) is 0 Å². The minimum Gasteiger partial charge on any atom is -0.456 e. The zero-order valence-corrected chi connectivity index (χ0v) is 16.1. The second kappa shape index (κ2) is 6.45. The average molecular weight is 338 g/mol. The Kier molecular flexibility index (Phi) is 5.23. The molecule has 2 rings (SSSR count). The Hall–Kier alpha value is -0.870. The number of fused-ring (bicyclic) bond motifs is 1. The van der Waals surface area contributed by atoms with Crippen LogP contribution in [0.25, 0.3) is 0 Å². The van der Waals surface area contributed by atoms with E-state index in [9.17, 15) is 15.0 Å². The third-order valence-electron chi connectivity index (χ3n) is 6.82. The second-order valence-corrected chi connectivity index (χ2v) is 8.80. The van der Waals surface area contributed by atoms with Gasteiger partial charge in [0.25, 0.3) is 0 Å². The van der Waals surface area contributed by atoms with E-state index < -0.39 is 17.3 Å². The van der Waals surface area contributed by atoms with E-state index in [2.05, 4.69) is 20.8 Å². The highest BCUT2D eigenvalue weighted by Crippen LogP contribution is 2.59. The van der Waals surface area contributed by atoms with Crippen molar-refractivity contribution in [2.45, 2.75) is 91.0 Å². The predicted molar refractivity (Wildman–Crippen MR) is 94.4 cm³/mol. The maximum absolute atomic E-state index is 12.2. The Morgan fingerprint density at radius 3 is 2.38 bits per heavy atom. The van der Waals surface area contributed by atoms with Crippen LogP contribution < -0.4 is 0 Å². The molecule has 2 N–H and O–H groups in total. The van der Waals surface area contributed by atoms with Gasteiger partial charge in [-0.05, 0) is 64.7 Å². The molecule has 5 atom stereocenters. The van der Waals surface area contributed by atoms with E-state index in [4.69, 9.17) is 4.74 Å². The minimum absolute atomic E-state index is 0.227. The Balaban J connectivity index is 2.32. The molecule has 0 aliphatic heterocycles. The summed E-state index contributed by atoms with van der Waals surface area (Å²) in [7, 11) is 0. The van der Waals surface area contributed by atoms with Crippen molar-refractivity contribution < 1.29 is 19.7 Å². The number of allylic oxidation sites excluding steroid dienone is 1. The summed E-state index contributed by atoms with van der Waals surface area (Å²) in [5, 5.41) is 22.5. The lowest BCUT2D eigenvalue weighted by Gasteiger charge is -2.43. The summed E-state index contributed by atoms with van der Waals surface area (Å²) in [6, 6.07) is 0. The zero-order valence-electron chi connectivity index (χ0n) is 16.1. The van der Waals surface area contributed by atoms with E-state index in [-0.39, 0.29) is 17.3 Å². The average Bonchev–Trinajstić information content (AvgIpc) is 2.72. The SMILES string of the molecule is C/C=C(\C)C(=O)O[C@H]1C[C@]2(C)CC[C@H](C(C)C)[C@]2(O)CC[C@@]1(C)O. The molecule has 2 aliphatic carbocycles. The van der Waals surface area contributed by atoms with Crippen LogP contribution in [0.15, 0.2) is 11.6 Å². The molecule has 24 heavy (non-hydrogen) atoms. The lowest BCUT2D eigenvalue weighted by molar-refractivity contribution is -0.163. The van der Waals surface area contributed by atoms with Gasteiger partial charge >= 0.3 is 5.97 Å². The van der Waals surface area contributed by atoms with Crippen LogP contribution in [0.5, 0.6) is 0 Å². The third kappa shape index (κ3) is 3.15. The monoisotopic (exact) mass is 338 g/mol. The number of carbonyl (C=O) groups excluding carboxylic acids is 1. The Bertz CT molecular complexity index is 522. The van der Waals surface area contributed by atoms with Crippen LogP contribution in [-0.2, 0) is 9.53 Å². The largest absolute Gasteiger partial charge is 0.456 e. The topological polar surface area (TPSA) is 66.8 Å². The molecule has 0 bridgehead atoms. The Labute approximate surface area is 146 Å². The van der Waals surface area contributed by atoms with Gasteiger partial charge in [0.2, 0.25) is 0 Å². The van der Waals surface area contributed by atoms with Crippen LogP contribution in [0.2, 0.25) is 0 Å². The highest BCUT2D eigenvalue weighted by atomic mass is 16.6. The van der Waals surface area contributed by atoms with Crippen LogP contribution >= 0.6 is 0 Å². The molecule has 0 saturated heterocycles. The molecule has 2 fully saturated rings. The fraction of sp³-hybridized carbons (Fsp3) is 0.850. The number of hydrogen-bond acceptors (Lipinski definition) is 4. The molecule has 2 aliphatic rings. The van der Waals surface area contributed by atoms with E-state index in [1.54, 1.807) is 26.8 Å². The Morgan fingerprint density at radius 1 is 1.21 bits per heavy atom. The van der Waals surface area contributed by atoms with Crippen LogP contribution in [0.4, 0.5) is 0 Å². The molecule has 4 nitrogen and oxygen atoms in total. The van der Waals surface area contributed by atoms with Crippen molar-refractivity contribution >= 4 is 5.97 Å². The first kappa shape index (κ1) is 19.5. The highest BCUT2D eigenvalue weighted by molar-refractivity contribution is 5.87. The maximum Gasteiger partial charge on any atom is 0.333 e. The molecule has 0 heterocycles. The molecule has 0 spiro atoms. The number of aliphatic hydroxyl groups is 2. The fourth-order valence-electron chi connectivity index (χ4n) is 4.77. The van der Waals surface area contributed by atoms with Gasteiger partial charge in [0.1, 0.15) is 6.10 Å². The third-order valence-corrected chi connectivity index (χ3v) is 6.82. The van der Waals surface area contributed by atoms with Crippen molar-refractivity contribution in [2.24, 2.45) is 17.3 Å². The quantitative estimate of drug-likeness (QED) is 0.609. The Morgan fingerprint density at radius 2 is 1.83 bits per heavy atom. The van der Waals surface area contributed by atoms with E-state index in [0.29, 0.717) is 30.8 Å². The minimum atomic E-state index is -1.12. The van der Waals surface area contributed by atoms with Gasteiger partial charge in [0, 0.05) is 11.0 Å². The van der Waals surface area contributed by atoms with Crippen molar-refractivity contribution in [3.8, 4) is 0 Å². The van der Waals surface area contributed by atoms with Gasteiger partial charge < -0.3 is 14.9 Å². The van der Waals surface area contributed by atoms with Gasteiger partial charge in [-0.3, -0.25) is 0 Å². The lowest BCUT2D eigenvalue weighted by Crippen LogP contribution is -2.48. The molecular formula is C20H34O4. The van der Waals surface area contributed by atoms with Crippen molar-refractivity contribution in [3.05, 3.63) is 11.6 Å². The van der Waals surface area contributed by atoms with E-state index in [1.165, 1.54) is 0 Å². The van der Waals surface area contributed by atoms with Crippen LogP contribution in [0.3, 0.4) is 0 Å². The van der Waals surface area contributed by atoms with Gasteiger partial charge in [-0.15, -0.1) is 0 Å². The molecule has 0 radical (unpaired) electrons. The highest BCUT2D eigenvalue weighted by Gasteiger charge is 2.61. The van der Waals surface area contributed by atoms with E-state index >= 15 is 0 Å². The normalized spacial score (nSPS) is 43.5. The van der Waals surface area contributed by atoms with Gasteiger partial charge in [-0.1, -0.05) is 26.8 Å². The molecule has 0 unspecified atom stereocenters. The summed E-state index contributed by atoms with van der Waals surface area (Å²) in [6.45, 7) is 11.7. The lowest BCUT2D eigenvalue weighted by atomic mass is 9.67. The van der Waals surface area contributed by atoms with Crippen LogP contribution in [-0.4, -0.2) is 33.5 Å². The van der Waals surface area contributed by atoms with Crippen molar-refractivity contribution in [1.82, 2.24) is 0 Å². The molecule has 0 amide bonds. The molecule has 4 heteroatoms. The fourth-order valence-corrected chi connectivity index (χ4v) is 4.77. The maximum atomic E-state index is 12.2. The number of ether oxygens (including phenoxy) is 1. The smallest absolute Gasteiger partial charge is 0.333 e. The summed E-state index contributed by atoms with van der Waals surface area (Å²) < 4.78 is 5.69. The number of hydrogen-bond donors (Lipinski definition) is 2. The van der Waals surface area contributed by atoms with Gasteiger partial charge in [-0.25, -0.2) is 4.79 Å². The molecule has 0 aromatic heterocycles. The molecule has 138 valence electrons. The first-order valence-electron chi connectivity index (χ1n) is 9.25. The van der Waals surface area contributed by atoms with Gasteiger partial charge in [0.15, 0.2) is 0 Å². The zero-order chi connectivity index (χ0) is 18.3. The van der Waals surface area contributed by atoms with Crippen molar-refractivity contribution in [2.75, 3.05) is 0 Å². The standard InChI is InChI=1S/C20H34O4/c1-7-14(4)17(21)24-16-12-18(5)9-8-15(13(2)3)20(18,23)11-10-19(16,6)22/h7,13,15-16,22-23H,8-12H2,1-6H3/b14-7+/t15-,16+,18+,19-,20-/m1/s1. The predicted octanol–water partition coefficient (Wildman–Crippen LogP) is 3.60. The van der Waals surface area contributed by atoms with Gasteiger partial charge in [-0.2, -0.15) is 0 Å². The molecular weight excluding hydrogens is 304 g/mol. The molecule has 2 saturated carbocycles. The van der Waals surface area contributed by atoms with E-state index in [0.717, 1.165) is 12.8 Å².